The summed E-state index contributed by atoms with van der Waals surface area (Å²) in [6.07, 6.45) is 1.95. The highest BCUT2D eigenvalue weighted by Crippen LogP contribution is 2.51. The smallest absolute Gasteiger partial charge is 0.173 e. The molecule has 102 valence electrons. The number of ketones is 1. The first-order valence-electron chi connectivity index (χ1n) is 7.23. The minimum Gasteiger partial charge on any atom is -0.293 e. The first kappa shape index (κ1) is 13.1. The summed E-state index contributed by atoms with van der Waals surface area (Å²) in [5, 5.41) is 0. The van der Waals surface area contributed by atoms with Gasteiger partial charge in [-0.25, -0.2) is 0 Å². The molecular formula is C19H20O. The summed E-state index contributed by atoms with van der Waals surface area (Å²) in [5.41, 5.74) is 5.28. The van der Waals surface area contributed by atoms with Gasteiger partial charge >= 0.3 is 0 Å². The van der Waals surface area contributed by atoms with Crippen molar-refractivity contribution in [2.45, 2.75) is 39.0 Å². The van der Waals surface area contributed by atoms with Gasteiger partial charge in [0.15, 0.2) is 5.78 Å². The molecule has 20 heavy (non-hydrogen) atoms. The average molecular weight is 264 g/mol. The number of benzene rings is 2. The van der Waals surface area contributed by atoms with Crippen molar-refractivity contribution >= 4 is 5.78 Å². The van der Waals surface area contributed by atoms with Crippen molar-refractivity contribution in [3.05, 3.63) is 70.3 Å². The summed E-state index contributed by atoms with van der Waals surface area (Å²) >= 11 is 0. The zero-order valence-electron chi connectivity index (χ0n) is 12.4. The van der Waals surface area contributed by atoms with E-state index >= 15 is 0 Å². The number of hydrogen-bond donors (Lipinski definition) is 0. The van der Waals surface area contributed by atoms with Crippen LogP contribution >= 0.6 is 0 Å². The largest absolute Gasteiger partial charge is 0.293 e. The highest BCUT2D eigenvalue weighted by atomic mass is 16.1. The Morgan fingerprint density at radius 1 is 0.950 bits per heavy atom. The third kappa shape index (κ3) is 1.98. The highest BCUT2D eigenvalue weighted by molar-refractivity contribution is 6.08. The fourth-order valence-electron chi connectivity index (χ4n) is 3.31. The zero-order valence-corrected chi connectivity index (χ0v) is 12.4. The van der Waals surface area contributed by atoms with Gasteiger partial charge in [-0.3, -0.25) is 4.79 Å². The Kier molecular flexibility index (Phi) is 3.01. The van der Waals surface area contributed by atoms with Gasteiger partial charge in [-0.1, -0.05) is 48.0 Å². The molecule has 2 aromatic rings. The molecular weight excluding hydrogens is 244 g/mol. The summed E-state index contributed by atoms with van der Waals surface area (Å²) in [6, 6.07) is 14.5. The summed E-state index contributed by atoms with van der Waals surface area (Å²) in [7, 11) is 0. The van der Waals surface area contributed by atoms with Gasteiger partial charge in [-0.15, -0.1) is 0 Å². The molecule has 0 aromatic heterocycles. The molecule has 0 aliphatic heterocycles. The van der Waals surface area contributed by atoms with Gasteiger partial charge in [0.05, 0.1) is 5.41 Å². The standard InChI is InChI=1S/C19H20O/c1-13-11-14(2)17(15(3)12-13)18(20)19(9-10-19)16-7-5-4-6-8-16/h4-8,11-12H,9-10H2,1-3H3. The molecule has 0 saturated heterocycles. The lowest BCUT2D eigenvalue weighted by molar-refractivity contribution is 0.0945. The van der Waals surface area contributed by atoms with Gasteiger partial charge in [0.2, 0.25) is 0 Å². The van der Waals surface area contributed by atoms with Crippen LogP contribution in [0.25, 0.3) is 0 Å². The number of rotatable bonds is 3. The molecule has 1 fully saturated rings. The van der Waals surface area contributed by atoms with Gasteiger partial charge in [-0.05, 0) is 50.3 Å². The third-order valence-corrected chi connectivity index (χ3v) is 4.42. The summed E-state index contributed by atoms with van der Waals surface area (Å²) in [4.78, 5) is 13.1. The van der Waals surface area contributed by atoms with E-state index in [0.717, 1.165) is 29.5 Å². The normalized spacial score (nSPS) is 15.9. The molecule has 0 spiro atoms. The molecule has 0 heterocycles. The number of Topliss-reactive ketones (excluding diaryl/α,β-unsaturated/α-hetero) is 1. The van der Waals surface area contributed by atoms with Gasteiger partial charge in [0.1, 0.15) is 0 Å². The second-order valence-corrected chi connectivity index (χ2v) is 6.05. The topological polar surface area (TPSA) is 17.1 Å². The van der Waals surface area contributed by atoms with Crippen LogP contribution in [-0.2, 0) is 5.41 Å². The Labute approximate surface area is 120 Å². The van der Waals surface area contributed by atoms with Crippen molar-refractivity contribution < 1.29 is 4.79 Å². The fourth-order valence-corrected chi connectivity index (χ4v) is 3.31. The Bertz CT molecular complexity index is 640. The van der Waals surface area contributed by atoms with Crippen molar-refractivity contribution in [3.63, 3.8) is 0 Å². The summed E-state index contributed by atoms with van der Waals surface area (Å²) < 4.78 is 0. The maximum atomic E-state index is 13.1. The lowest BCUT2D eigenvalue weighted by Crippen LogP contribution is -2.22. The van der Waals surface area contributed by atoms with E-state index in [0.29, 0.717) is 5.78 Å². The van der Waals surface area contributed by atoms with E-state index in [1.54, 1.807) is 0 Å². The molecule has 0 bridgehead atoms. The lowest BCUT2D eigenvalue weighted by atomic mass is 9.84. The SMILES string of the molecule is Cc1cc(C)c(C(=O)C2(c3ccccc3)CC2)c(C)c1. The van der Waals surface area contributed by atoms with Gasteiger partial charge in [-0.2, -0.15) is 0 Å². The monoisotopic (exact) mass is 264 g/mol. The first-order valence-corrected chi connectivity index (χ1v) is 7.23. The minimum atomic E-state index is -0.258. The van der Waals surface area contributed by atoms with Crippen LogP contribution < -0.4 is 0 Å². The molecule has 0 N–H and O–H groups in total. The van der Waals surface area contributed by atoms with Crippen LogP contribution in [0.2, 0.25) is 0 Å². The predicted octanol–water partition coefficient (Wildman–Crippen LogP) is 4.53. The van der Waals surface area contributed by atoms with E-state index in [1.807, 2.05) is 32.0 Å². The lowest BCUT2D eigenvalue weighted by Gasteiger charge is -2.18. The Morgan fingerprint density at radius 2 is 1.50 bits per heavy atom. The number of carbonyl (C=O) groups is 1. The molecule has 1 aliphatic carbocycles. The van der Waals surface area contributed by atoms with Crippen molar-refractivity contribution in [1.82, 2.24) is 0 Å². The van der Waals surface area contributed by atoms with Crippen LogP contribution in [0.5, 0.6) is 0 Å². The first-order chi connectivity index (χ1) is 9.54. The van der Waals surface area contributed by atoms with Crippen LogP contribution in [0.3, 0.4) is 0 Å². The third-order valence-electron chi connectivity index (χ3n) is 4.42. The number of hydrogen-bond acceptors (Lipinski definition) is 1. The van der Waals surface area contributed by atoms with Crippen molar-refractivity contribution in [2.75, 3.05) is 0 Å². The van der Waals surface area contributed by atoms with Crippen molar-refractivity contribution in [2.24, 2.45) is 0 Å². The Hall–Kier alpha value is -1.89. The van der Waals surface area contributed by atoms with E-state index in [1.165, 1.54) is 11.1 Å². The molecule has 1 heteroatoms. The molecule has 3 rings (SSSR count). The quantitative estimate of drug-likeness (QED) is 0.745. The molecule has 0 radical (unpaired) electrons. The van der Waals surface area contributed by atoms with Crippen LogP contribution in [0.15, 0.2) is 42.5 Å². The molecule has 0 atom stereocenters. The average Bonchev–Trinajstić information content (AvgIpc) is 3.20. The van der Waals surface area contributed by atoms with Crippen LogP contribution in [-0.4, -0.2) is 5.78 Å². The van der Waals surface area contributed by atoms with Crippen molar-refractivity contribution in [3.8, 4) is 0 Å². The fraction of sp³-hybridized carbons (Fsp3) is 0.316. The van der Waals surface area contributed by atoms with E-state index in [2.05, 4.69) is 31.2 Å². The predicted molar refractivity (Wildman–Crippen MR) is 82.3 cm³/mol. The molecule has 1 saturated carbocycles. The molecule has 1 nitrogen and oxygen atoms in total. The molecule has 1 aliphatic rings. The Morgan fingerprint density at radius 3 is 2.00 bits per heavy atom. The molecule has 0 unspecified atom stereocenters. The van der Waals surface area contributed by atoms with Gasteiger partial charge < -0.3 is 0 Å². The number of aryl methyl sites for hydroxylation is 3. The zero-order chi connectivity index (χ0) is 14.3. The van der Waals surface area contributed by atoms with Crippen LogP contribution in [0.1, 0.15) is 45.5 Å². The van der Waals surface area contributed by atoms with Crippen LogP contribution in [0, 0.1) is 20.8 Å². The van der Waals surface area contributed by atoms with E-state index in [-0.39, 0.29) is 5.41 Å². The summed E-state index contributed by atoms with van der Waals surface area (Å²) in [5.74, 6) is 0.304. The van der Waals surface area contributed by atoms with Crippen molar-refractivity contribution in [1.29, 1.82) is 0 Å². The maximum absolute atomic E-state index is 13.1. The Balaban J connectivity index is 2.07. The molecule has 0 amide bonds. The second-order valence-electron chi connectivity index (χ2n) is 6.05. The van der Waals surface area contributed by atoms with Gasteiger partial charge in [0, 0.05) is 5.56 Å². The van der Waals surface area contributed by atoms with E-state index in [4.69, 9.17) is 0 Å². The number of carbonyl (C=O) groups excluding carboxylic acids is 1. The van der Waals surface area contributed by atoms with Gasteiger partial charge in [0.25, 0.3) is 0 Å². The minimum absolute atomic E-state index is 0.258. The van der Waals surface area contributed by atoms with E-state index < -0.39 is 0 Å². The summed E-state index contributed by atoms with van der Waals surface area (Å²) in [6.45, 7) is 6.18. The maximum Gasteiger partial charge on any atom is 0.173 e. The van der Waals surface area contributed by atoms with E-state index in [9.17, 15) is 4.79 Å². The molecule has 2 aromatic carbocycles. The highest BCUT2D eigenvalue weighted by Gasteiger charge is 2.51. The van der Waals surface area contributed by atoms with Crippen LogP contribution in [0.4, 0.5) is 0 Å². The second kappa shape index (κ2) is 4.59.